The predicted octanol–water partition coefficient (Wildman–Crippen LogP) is 4.56. The van der Waals surface area contributed by atoms with Crippen molar-refractivity contribution in [3.8, 4) is 0 Å². The van der Waals surface area contributed by atoms with Gasteiger partial charge in [-0.05, 0) is 66.8 Å². The number of piperidine rings is 1. The summed E-state index contributed by atoms with van der Waals surface area (Å²) in [6.07, 6.45) is 4.77. The molecule has 1 aliphatic rings. The van der Waals surface area contributed by atoms with Crippen LogP contribution in [0.25, 0.3) is 21.8 Å². The lowest BCUT2D eigenvalue weighted by Crippen LogP contribution is -2.37. The molecule has 3 heterocycles. The molecule has 1 unspecified atom stereocenters. The van der Waals surface area contributed by atoms with Gasteiger partial charge in [-0.25, -0.2) is 14.4 Å². The Hall–Kier alpha value is -4.08. The lowest BCUT2D eigenvalue weighted by molar-refractivity contribution is 0.345. The van der Waals surface area contributed by atoms with E-state index in [2.05, 4.69) is 24.8 Å². The van der Waals surface area contributed by atoms with Crippen molar-refractivity contribution >= 4 is 39.1 Å². The molecule has 5 aromatic rings. The molecule has 1 saturated heterocycles. The number of nitrogens with two attached hydrogens (primary N) is 1. The third-order valence-corrected chi connectivity index (χ3v) is 7.15. The number of H-pyrrole nitrogens is 2. The molecular weight excluding hydrogens is 507 g/mol. The average molecular weight is 533 g/mol. The van der Waals surface area contributed by atoms with Gasteiger partial charge in [0.15, 0.2) is 0 Å². The zero-order valence-electron chi connectivity index (χ0n) is 20.4. The van der Waals surface area contributed by atoms with Crippen LogP contribution in [0.4, 0.5) is 10.1 Å². The predicted molar refractivity (Wildman–Crippen MR) is 148 cm³/mol. The monoisotopic (exact) mass is 532 g/mol. The highest BCUT2D eigenvalue weighted by Crippen LogP contribution is 2.32. The molecule has 0 radical (unpaired) electrons. The van der Waals surface area contributed by atoms with E-state index >= 15 is 0 Å². The van der Waals surface area contributed by atoms with E-state index < -0.39 is 0 Å². The van der Waals surface area contributed by atoms with Gasteiger partial charge in [-0.2, -0.15) is 0 Å². The first-order chi connectivity index (χ1) is 18.4. The molecule has 4 N–H and O–H groups in total. The zero-order chi connectivity index (χ0) is 26.6. The molecule has 0 saturated carbocycles. The van der Waals surface area contributed by atoms with Gasteiger partial charge < -0.3 is 20.6 Å². The van der Waals surface area contributed by atoms with Gasteiger partial charge in [-0.3, -0.25) is 9.59 Å². The van der Waals surface area contributed by atoms with E-state index in [4.69, 9.17) is 17.3 Å². The maximum atomic E-state index is 12.6. The summed E-state index contributed by atoms with van der Waals surface area (Å²) < 4.78 is 12.6. The maximum Gasteiger partial charge on any atom is 0.258 e. The Bertz CT molecular complexity index is 1680. The molecular formula is C28H26ClFN6O2. The molecule has 8 nitrogen and oxygen atoms in total. The van der Waals surface area contributed by atoms with Crippen molar-refractivity contribution in [2.75, 3.05) is 18.0 Å². The second-order valence-corrected chi connectivity index (χ2v) is 9.66. The Morgan fingerprint density at radius 2 is 1.45 bits per heavy atom. The normalized spacial score (nSPS) is 14.8. The summed E-state index contributed by atoms with van der Waals surface area (Å²) in [6, 6.07) is 17.6. The molecule has 2 aromatic heterocycles. The van der Waals surface area contributed by atoms with Gasteiger partial charge >= 0.3 is 0 Å². The fourth-order valence-corrected chi connectivity index (χ4v) is 4.90. The SMILES string of the molecule is NC(c1ccc(Cl)cc1)C1CCN(c2ccc3c(=O)[nH]cnc3c2)CC1.O=c1[nH]cnc2cc(F)ccc12. The first-order valence-electron chi connectivity index (χ1n) is 12.3. The molecule has 0 spiro atoms. The Balaban J connectivity index is 0.000000204. The number of aromatic amines is 2. The number of nitrogens with zero attached hydrogens (tertiary/aromatic N) is 3. The number of halogens is 2. The first-order valence-corrected chi connectivity index (χ1v) is 12.6. The van der Waals surface area contributed by atoms with Gasteiger partial charge in [0.25, 0.3) is 11.1 Å². The minimum atomic E-state index is -0.388. The van der Waals surface area contributed by atoms with Gasteiger partial charge in [0, 0.05) is 35.9 Å². The molecule has 10 heteroatoms. The van der Waals surface area contributed by atoms with Crippen LogP contribution in [0.3, 0.4) is 0 Å². The number of aromatic nitrogens is 4. The molecule has 0 bridgehead atoms. The summed E-state index contributed by atoms with van der Waals surface area (Å²) in [4.78, 5) is 38.3. The Morgan fingerprint density at radius 3 is 2.08 bits per heavy atom. The van der Waals surface area contributed by atoms with Crippen LogP contribution >= 0.6 is 11.6 Å². The van der Waals surface area contributed by atoms with Gasteiger partial charge in [0.1, 0.15) is 5.82 Å². The van der Waals surface area contributed by atoms with Crippen LogP contribution < -0.4 is 21.8 Å². The topological polar surface area (TPSA) is 121 Å². The molecule has 1 aliphatic heterocycles. The molecule has 1 fully saturated rings. The lowest BCUT2D eigenvalue weighted by Gasteiger charge is -2.36. The highest BCUT2D eigenvalue weighted by atomic mass is 35.5. The molecule has 194 valence electrons. The van der Waals surface area contributed by atoms with Gasteiger partial charge in [0.05, 0.1) is 34.5 Å². The van der Waals surface area contributed by atoms with E-state index in [0.29, 0.717) is 22.2 Å². The van der Waals surface area contributed by atoms with Crippen LogP contribution in [0.5, 0.6) is 0 Å². The minimum Gasteiger partial charge on any atom is -0.371 e. The fourth-order valence-electron chi connectivity index (χ4n) is 4.77. The largest absolute Gasteiger partial charge is 0.371 e. The smallest absolute Gasteiger partial charge is 0.258 e. The van der Waals surface area contributed by atoms with E-state index in [1.165, 1.54) is 30.9 Å². The Kier molecular flexibility index (Phi) is 7.48. The van der Waals surface area contributed by atoms with Gasteiger partial charge in [-0.1, -0.05) is 23.7 Å². The Morgan fingerprint density at radius 1 is 0.868 bits per heavy atom. The standard InChI is InChI=1S/C20H21ClN4O.C8H5FN2O/c21-15-3-1-13(2-4-15)19(22)14-7-9-25(10-8-14)16-5-6-17-18(11-16)23-12-24-20(17)26;9-5-1-2-6-7(3-5)10-4-11-8(6)12/h1-6,11-12,14,19H,7-10,22H2,(H,23,24,26);1-4H,(H,10,11,12). The maximum absolute atomic E-state index is 12.6. The number of anilines is 1. The van der Waals surface area contributed by atoms with Crippen molar-refractivity contribution in [2.45, 2.75) is 18.9 Å². The van der Waals surface area contributed by atoms with E-state index in [0.717, 1.165) is 47.7 Å². The minimum absolute atomic E-state index is 0.0336. The fraction of sp³-hybridized carbons (Fsp3) is 0.214. The van der Waals surface area contributed by atoms with Crippen LogP contribution in [0.1, 0.15) is 24.4 Å². The molecule has 0 amide bonds. The van der Waals surface area contributed by atoms with E-state index in [9.17, 15) is 14.0 Å². The summed E-state index contributed by atoms with van der Waals surface area (Å²) in [5.41, 5.74) is 9.48. The number of fused-ring (bicyclic) bond motifs is 2. The first kappa shape index (κ1) is 25.6. The Labute approximate surface area is 222 Å². The summed E-state index contributed by atoms with van der Waals surface area (Å²) in [5.74, 6) is 0.0643. The number of rotatable bonds is 3. The van der Waals surface area contributed by atoms with Gasteiger partial charge in [-0.15, -0.1) is 0 Å². The second kappa shape index (κ2) is 11.1. The molecule has 38 heavy (non-hydrogen) atoms. The molecule has 0 aliphatic carbocycles. The van der Waals surface area contributed by atoms with Crippen LogP contribution in [0.2, 0.25) is 5.02 Å². The van der Waals surface area contributed by atoms with E-state index in [-0.39, 0.29) is 23.0 Å². The number of benzene rings is 3. The zero-order valence-corrected chi connectivity index (χ0v) is 21.2. The highest BCUT2D eigenvalue weighted by molar-refractivity contribution is 6.30. The van der Waals surface area contributed by atoms with Crippen molar-refractivity contribution in [1.29, 1.82) is 0 Å². The van der Waals surface area contributed by atoms with E-state index in [1.54, 1.807) is 0 Å². The molecule has 6 rings (SSSR count). The number of nitrogens with one attached hydrogen (secondary N) is 2. The van der Waals surface area contributed by atoms with E-state index in [1.807, 2.05) is 42.5 Å². The van der Waals surface area contributed by atoms with Crippen molar-refractivity contribution < 1.29 is 4.39 Å². The highest BCUT2D eigenvalue weighted by Gasteiger charge is 2.25. The third kappa shape index (κ3) is 5.58. The average Bonchev–Trinajstić information content (AvgIpc) is 2.93. The van der Waals surface area contributed by atoms with Crippen molar-refractivity contribution in [2.24, 2.45) is 11.7 Å². The van der Waals surface area contributed by atoms with Crippen molar-refractivity contribution in [3.05, 3.63) is 110 Å². The van der Waals surface area contributed by atoms with Crippen LogP contribution in [0, 0.1) is 11.7 Å². The van der Waals surface area contributed by atoms with Crippen molar-refractivity contribution in [3.63, 3.8) is 0 Å². The van der Waals surface area contributed by atoms with Crippen LogP contribution in [-0.2, 0) is 0 Å². The quantitative estimate of drug-likeness (QED) is 0.313. The summed E-state index contributed by atoms with van der Waals surface area (Å²) in [5, 5.41) is 1.76. The summed E-state index contributed by atoms with van der Waals surface area (Å²) in [6.45, 7) is 1.89. The molecule has 3 aromatic carbocycles. The van der Waals surface area contributed by atoms with Crippen LogP contribution in [0.15, 0.2) is 82.9 Å². The second-order valence-electron chi connectivity index (χ2n) is 9.23. The van der Waals surface area contributed by atoms with Crippen LogP contribution in [-0.4, -0.2) is 33.0 Å². The van der Waals surface area contributed by atoms with Crippen molar-refractivity contribution in [1.82, 2.24) is 19.9 Å². The number of hydrogen-bond acceptors (Lipinski definition) is 6. The summed E-state index contributed by atoms with van der Waals surface area (Å²) >= 11 is 5.97. The number of hydrogen-bond donors (Lipinski definition) is 3. The molecule has 1 atom stereocenters. The van der Waals surface area contributed by atoms with Gasteiger partial charge in [0.2, 0.25) is 0 Å². The summed E-state index contributed by atoms with van der Waals surface area (Å²) in [7, 11) is 0. The third-order valence-electron chi connectivity index (χ3n) is 6.90. The lowest BCUT2D eigenvalue weighted by atomic mass is 9.86.